The van der Waals surface area contributed by atoms with Crippen LogP contribution in [0.2, 0.25) is 0 Å². The predicted octanol–water partition coefficient (Wildman–Crippen LogP) is 15.1. The average molecular weight is 768 g/mol. The molecule has 0 saturated heterocycles. The van der Waals surface area contributed by atoms with Gasteiger partial charge in [-0.2, -0.15) is 0 Å². The molecule has 0 unspecified atom stereocenters. The van der Waals surface area contributed by atoms with E-state index >= 15 is 0 Å². The number of benzene rings is 10. The van der Waals surface area contributed by atoms with Crippen molar-refractivity contribution >= 4 is 39.0 Å². The molecule has 0 saturated carbocycles. The summed E-state index contributed by atoms with van der Waals surface area (Å²) < 4.78 is 0. The van der Waals surface area contributed by atoms with Crippen LogP contribution in [0.1, 0.15) is 22.3 Å². The molecule has 10 aromatic rings. The maximum absolute atomic E-state index is 6.02. The summed E-state index contributed by atoms with van der Waals surface area (Å²) in [5, 5.41) is 5.04. The molecule has 1 spiro atoms. The first-order valence-electron chi connectivity index (χ1n) is 20.3. The topological polar surface area (TPSA) is 26.0 Å². The van der Waals surface area contributed by atoms with Crippen LogP contribution in [0, 0.1) is 0 Å². The van der Waals surface area contributed by atoms with Crippen LogP contribution in [0.4, 0.5) is 5.69 Å². The Bertz CT molecular complexity index is 3190. The molecule has 2 aliphatic rings. The number of fused-ring (bicyclic) bond motifs is 11. The highest BCUT2D eigenvalue weighted by molar-refractivity contribution is 7.99. The van der Waals surface area contributed by atoms with Crippen LogP contribution < -0.4 is 5.73 Å². The van der Waals surface area contributed by atoms with Crippen LogP contribution in [0.5, 0.6) is 0 Å². The molecule has 0 amide bonds. The quantitative estimate of drug-likeness (QED) is 0.143. The van der Waals surface area contributed by atoms with Gasteiger partial charge in [-0.3, -0.25) is 0 Å². The minimum absolute atomic E-state index is 0.494. The van der Waals surface area contributed by atoms with Crippen molar-refractivity contribution in [1.82, 2.24) is 0 Å². The third-order valence-corrected chi connectivity index (χ3v) is 13.8. The number of rotatable bonds is 4. The van der Waals surface area contributed by atoms with Gasteiger partial charge in [-0.25, -0.2) is 0 Å². The fraction of sp³-hybridized carbons (Fsp3) is 0.0175. The Morgan fingerprint density at radius 3 is 1.39 bits per heavy atom. The smallest absolute Gasteiger partial charge is 0.0735 e. The lowest BCUT2D eigenvalue weighted by atomic mass is 9.67. The molecule has 0 aromatic heterocycles. The molecule has 0 bridgehead atoms. The van der Waals surface area contributed by atoms with E-state index in [1.54, 1.807) is 0 Å². The number of nitrogen functional groups attached to an aromatic ring is 1. The van der Waals surface area contributed by atoms with Gasteiger partial charge in [0.05, 0.1) is 5.41 Å². The molecular formula is C57H37NS. The van der Waals surface area contributed by atoms with Crippen LogP contribution in [0.25, 0.3) is 77.2 Å². The first kappa shape index (κ1) is 34.0. The largest absolute Gasteiger partial charge is 0.399 e. The van der Waals surface area contributed by atoms with E-state index in [9.17, 15) is 0 Å². The maximum atomic E-state index is 6.02. The van der Waals surface area contributed by atoms with Gasteiger partial charge in [0, 0.05) is 15.5 Å². The lowest BCUT2D eigenvalue weighted by Crippen LogP contribution is -2.31. The normalized spacial score (nSPS) is 13.2. The average Bonchev–Trinajstić information content (AvgIpc) is 3.59. The van der Waals surface area contributed by atoms with Gasteiger partial charge in [0.15, 0.2) is 0 Å². The van der Waals surface area contributed by atoms with Crippen LogP contribution in [-0.2, 0) is 5.41 Å². The van der Waals surface area contributed by atoms with Crippen LogP contribution in [0.15, 0.2) is 222 Å². The predicted molar refractivity (Wildman–Crippen MR) is 249 cm³/mol. The first-order chi connectivity index (χ1) is 29.2. The fourth-order valence-electron chi connectivity index (χ4n) is 10.2. The number of hydrogen-bond donors (Lipinski definition) is 1. The van der Waals surface area contributed by atoms with E-state index in [1.165, 1.54) is 104 Å². The monoisotopic (exact) mass is 767 g/mol. The minimum atomic E-state index is -0.494. The van der Waals surface area contributed by atoms with Crippen LogP contribution in [0.3, 0.4) is 0 Å². The summed E-state index contributed by atoms with van der Waals surface area (Å²) in [6.07, 6.45) is 0. The second-order valence-electron chi connectivity index (χ2n) is 15.7. The van der Waals surface area contributed by atoms with Gasteiger partial charge in [0.25, 0.3) is 0 Å². The van der Waals surface area contributed by atoms with Crippen molar-refractivity contribution < 1.29 is 0 Å². The Labute approximate surface area is 348 Å². The van der Waals surface area contributed by atoms with Gasteiger partial charge in [-0.1, -0.05) is 194 Å². The van der Waals surface area contributed by atoms with Crippen molar-refractivity contribution in [2.24, 2.45) is 0 Å². The first-order valence-corrected chi connectivity index (χ1v) is 21.1. The molecule has 2 N–H and O–H groups in total. The summed E-state index contributed by atoms with van der Waals surface area (Å²) in [7, 11) is 0. The molecule has 1 aliphatic carbocycles. The van der Waals surface area contributed by atoms with E-state index in [4.69, 9.17) is 5.73 Å². The highest BCUT2D eigenvalue weighted by Crippen LogP contribution is 2.64. The number of hydrogen-bond acceptors (Lipinski definition) is 2. The lowest BCUT2D eigenvalue weighted by Gasteiger charge is -2.39. The molecule has 0 atom stereocenters. The van der Waals surface area contributed by atoms with Crippen molar-refractivity contribution in [3.63, 3.8) is 0 Å². The second kappa shape index (κ2) is 13.2. The molecule has 2 heteroatoms. The van der Waals surface area contributed by atoms with Gasteiger partial charge < -0.3 is 5.73 Å². The standard InChI is InChI=1S/C57H37NS/c58-41-32-29-37(30-33-41)36-25-27-38(28-26-36)40-31-34-48-47(35-40)56-46(19-12-22-51(56)57(48)49-20-8-10-23-52(49)59-53-24-11-9-21-50(53)57)55-44-17-6-4-15-42(44)54(39-13-2-1-3-14-39)43-16-5-7-18-45(43)55/h1-35H,58H2. The SMILES string of the molecule is Nc1ccc(-c2ccc(-c3ccc4c(c3)-c3c(-c5c6ccccc6c(-c6ccccc6)c6ccccc56)cccc3C43c4ccccc4Sc4ccccc43)cc2)cc1. The van der Waals surface area contributed by atoms with Gasteiger partial charge >= 0.3 is 0 Å². The van der Waals surface area contributed by atoms with Crippen molar-refractivity contribution in [2.75, 3.05) is 5.73 Å². The van der Waals surface area contributed by atoms with E-state index in [-0.39, 0.29) is 0 Å². The van der Waals surface area contributed by atoms with E-state index in [0.717, 1.165) is 11.3 Å². The molecule has 0 radical (unpaired) electrons. The summed E-state index contributed by atoms with van der Waals surface area (Å²) in [6, 6.07) is 78.5. The summed E-state index contributed by atoms with van der Waals surface area (Å²) >= 11 is 1.89. The molecular weight excluding hydrogens is 731 g/mol. The van der Waals surface area contributed by atoms with Gasteiger partial charge in [-0.15, -0.1) is 0 Å². The molecule has 59 heavy (non-hydrogen) atoms. The summed E-state index contributed by atoms with van der Waals surface area (Å²) in [4.78, 5) is 2.61. The van der Waals surface area contributed by atoms with Gasteiger partial charge in [-0.05, 0) is 130 Å². The van der Waals surface area contributed by atoms with E-state index < -0.39 is 5.41 Å². The van der Waals surface area contributed by atoms with Crippen LogP contribution in [-0.4, -0.2) is 0 Å². The maximum Gasteiger partial charge on any atom is 0.0735 e. The molecule has 0 fully saturated rings. The second-order valence-corrected chi connectivity index (χ2v) is 16.8. The third-order valence-electron chi connectivity index (χ3n) is 12.7. The lowest BCUT2D eigenvalue weighted by molar-refractivity contribution is 0.722. The Morgan fingerprint density at radius 1 is 0.305 bits per heavy atom. The summed E-state index contributed by atoms with van der Waals surface area (Å²) in [6.45, 7) is 0. The van der Waals surface area contributed by atoms with Gasteiger partial charge in [0.1, 0.15) is 0 Å². The Kier molecular flexibility index (Phi) is 7.60. The molecule has 1 nitrogen and oxygen atoms in total. The van der Waals surface area contributed by atoms with Crippen molar-refractivity contribution in [2.45, 2.75) is 15.2 Å². The summed E-state index contributed by atoms with van der Waals surface area (Å²) in [5.74, 6) is 0. The Morgan fingerprint density at radius 2 is 0.780 bits per heavy atom. The number of anilines is 1. The molecule has 10 aromatic carbocycles. The Hall–Kier alpha value is -7.13. The highest BCUT2D eigenvalue weighted by atomic mass is 32.2. The zero-order valence-corrected chi connectivity index (χ0v) is 33.0. The number of nitrogens with two attached hydrogens (primary N) is 1. The molecule has 12 rings (SSSR count). The zero-order chi connectivity index (χ0) is 39.1. The highest BCUT2D eigenvalue weighted by Gasteiger charge is 2.51. The molecule has 1 heterocycles. The van der Waals surface area contributed by atoms with E-state index in [1.807, 2.05) is 23.9 Å². The third kappa shape index (κ3) is 5.00. The van der Waals surface area contributed by atoms with Crippen molar-refractivity contribution in [3.05, 3.63) is 235 Å². The van der Waals surface area contributed by atoms with E-state index in [0.29, 0.717) is 0 Å². The molecule has 1 aliphatic heterocycles. The molecule has 276 valence electrons. The minimum Gasteiger partial charge on any atom is -0.399 e. The van der Waals surface area contributed by atoms with Gasteiger partial charge in [0.2, 0.25) is 0 Å². The van der Waals surface area contributed by atoms with Crippen molar-refractivity contribution in [1.29, 1.82) is 0 Å². The van der Waals surface area contributed by atoms with Crippen molar-refractivity contribution in [3.8, 4) is 55.6 Å². The van der Waals surface area contributed by atoms with Crippen LogP contribution >= 0.6 is 11.8 Å². The Balaban J connectivity index is 1.17. The zero-order valence-electron chi connectivity index (χ0n) is 32.2. The summed E-state index contributed by atoms with van der Waals surface area (Å²) in [5.41, 5.74) is 24.0. The fourth-order valence-corrected chi connectivity index (χ4v) is 11.4. The van der Waals surface area contributed by atoms with E-state index in [2.05, 4.69) is 200 Å².